The van der Waals surface area contributed by atoms with Gasteiger partial charge in [0.2, 0.25) is 18.3 Å². The molecule has 3 aromatic rings. The zero-order valence-corrected chi connectivity index (χ0v) is 14.1. The summed E-state index contributed by atoms with van der Waals surface area (Å²) >= 11 is 0. The Morgan fingerprint density at radius 1 is 0.923 bits per heavy atom. The molecule has 0 spiro atoms. The molecule has 1 aliphatic rings. The molecule has 1 N–H and O–H groups in total. The van der Waals surface area contributed by atoms with E-state index in [-0.39, 0.29) is 18.4 Å². The summed E-state index contributed by atoms with van der Waals surface area (Å²) < 4.78 is 1.83. The molecule has 0 saturated heterocycles. The third-order valence-electron chi connectivity index (χ3n) is 4.41. The molecule has 2 aromatic carbocycles. The summed E-state index contributed by atoms with van der Waals surface area (Å²) in [6, 6.07) is 23.5. The fraction of sp³-hybridized carbons (Fsp3) is 0.0952. The van der Waals surface area contributed by atoms with E-state index in [9.17, 15) is 9.59 Å². The second kappa shape index (κ2) is 6.80. The van der Waals surface area contributed by atoms with Crippen molar-refractivity contribution < 1.29 is 14.2 Å². The number of benzene rings is 2. The second-order valence-electron chi connectivity index (χ2n) is 6.11. The van der Waals surface area contributed by atoms with Gasteiger partial charge in [-0.05, 0) is 24.3 Å². The molecule has 128 valence electrons. The van der Waals surface area contributed by atoms with E-state index in [0.717, 1.165) is 5.69 Å². The molecule has 0 unspecified atom stereocenters. The van der Waals surface area contributed by atoms with Crippen molar-refractivity contribution in [2.75, 3.05) is 10.2 Å². The number of hydrogen-bond donors (Lipinski definition) is 1. The normalized spacial score (nSPS) is 16.1. The molecule has 26 heavy (non-hydrogen) atoms. The van der Waals surface area contributed by atoms with Crippen molar-refractivity contribution in [3.05, 3.63) is 90.8 Å². The lowest BCUT2D eigenvalue weighted by molar-refractivity contribution is -0.695. The molecule has 5 nitrogen and oxygen atoms in total. The molecular weight excluding hydrogens is 326 g/mol. The maximum absolute atomic E-state index is 13.1. The number of hydrogen-bond acceptors (Lipinski definition) is 2. The fourth-order valence-electron chi connectivity index (χ4n) is 3.25. The van der Waals surface area contributed by atoms with Crippen LogP contribution in [0.15, 0.2) is 85.1 Å². The molecule has 0 aliphatic carbocycles. The van der Waals surface area contributed by atoms with Crippen LogP contribution in [-0.2, 0) is 16.1 Å². The summed E-state index contributed by atoms with van der Waals surface area (Å²) in [4.78, 5) is 27.6. The summed E-state index contributed by atoms with van der Waals surface area (Å²) in [5.74, 6) is -0.360. The number of pyridine rings is 1. The second-order valence-corrected chi connectivity index (χ2v) is 6.11. The predicted molar refractivity (Wildman–Crippen MR) is 98.4 cm³/mol. The summed E-state index contributed by atoms with van der Waals surface area (Å²) in [6.45, 7) is 0.209. The highest BCUT2D eigenvalue weighted by Crippen LogP contribution is 2.29. The van der Waals surface area contributed by atoms with Gasteiger partial charge in [-0.2, -0.15) is 4.57 Å². The van der Waals surface area contributed by atoms with E-state index in [0.29, 0.717) is 11.4 Å². The molecule has 2 heterocycles. The Kier molecular flexibility index (Phi) is 4.19. The molecule has 1 aromatic heterocycles. The zero-order valence-electron chi connectivity index (χ0n) is 14.1. The van der Waals surface area contributed by atoms with Gasteiger partial charge in [-0.25, -0.2) is 0 Å². The van der Waals surface area contributed by atoms with Gasteiger partial charge in [0.1, 0.15) is 0 Å². The lowest BCUT2D eigenvalue weighted by Crippen LogP contribution is -2.58. The van der Waals surface area contributed by atoms with Crippen LogP contribution in [0.4, 0.5) is 11.4 Å². The first-order valence-electron chi connectivity index (χ1n) is 8.45. The molecule has 1 atom stereocenters. The van der Waals surface area contributed by atoms with Crippen LogP contribution in [-0.4, -0.2) is 11.8 Å². The number of carbonyl (C=O) groups is 2. The topological polar surface area (TPSA) is 53.3 Å². The fourth-order valence-corrected chi connectivity index (χ4v) is 3.25. The molecule has 4 rings (SSSR count). The van der Waals surface area contributed by atoms with Crippen molar-refractivity contribution in [1.82, 2.24) is 0 Å². The van der Waals surface area contributed by atoms with Crippen molar-refractivity contribution >= 4 is 23.2 Å². The minimum Gasteiger partial charge on any atom is -0.324 e. The van der Waals surface area contributed by atoms with Crippen LogP contribution in [0.2, 0.25) is 0 Å². The average Bonchev–Trinajstić information content (AvgIpc) is 2.68. The van der Waals surface area contributed by atoms with Crippen molar-refractivity contribution in [3.63, 3.8) is 0 Å². The Morgan fingerprint density at radius 3 is 2.31 bits per heavy atom. The lowest BCUT2D eigenvalue weighted by Gasteiger charge is -2.32. The average molecular weight is 344 g/mol. The minimum absolute atomic E-state index is 0.117. The summed E-state index contributed by atoms with van der Waals surface area (Å²) in [7, 11) is 0. The third-order valence-corrected chi connectivity index (χ3v) is 4.41. The van der Waals surface area contributed by atoms with E-state index in [1.165, 1.54) is 0 Å². The standard InChI is InChI=1S/C21H17N3O2/c25-19-15-23-14-8-7-13-18(23)20(24(19)17-11-5-2-6-12-17)21(26)22-16-9-3-1-4-10-16/h1-14,20H,15H2/p+1/t20-/m1/s1. The Balaban J connectivity index is 1.78. The van der Waals surface area contributed by atoms with E-state index >= 15 is 0 Å². The molecule has 1 aliphatic heterocycles. The van der Waals surface area contributed by atoms with Crippen LogP contribution < -0.4 is 14.8 Å². The van der Waals surface area contributed by atoms with Crippen LogP contribution in [0.1, 0.15) is 11.7 Å². The Bertz CT molecular complexity index is 942. The lowest BCUT2D eigenvalue weighted by atomic mass is 10.0. The minimum atomic E-state index is -0.736. The number of carbonyl (C=O) groups excluding carboxylic acids is 2. The third kappa shape index (κ3) is 2.95. The van der Waals surface area contributed by atoms with Gasteiger partial charge in [-0.3, -0.25) is 14.5 Å². The number of amides is 2. The van der Waals surface area contributed by atoms with Gasteiger partial charge < -0.3 is 5.32 Å². The molecule has 2 amide bonds. The molecule has 5 heteroatoms. The van der Waals surface area contributed by atoms with Gasteiger partial charge in [-0.1, -0.05) is 42.5 Å². The SMILES string of the molecule is O=C(Nc1ccccc1)[C@H]1c2cccc[n+]2CC(=O)N1c1ccccc1. The van der Waals surface area contributed by atoms with Gasteiger partial charge in [0.05, 0.1) is 0 Å². The van der Waals surface area contributed by atoms with E-state index in [4.69, 9.17) is 0 Å². The summed E-state index contributed by atoms with van der Waals surface area (Å²) in [5.41, 5.74) is 2.19. The monoisotopic (exact) mass is 344 g/mol. The van der Waals surface area contributed by atoms with Gasteiger partial charge in [0.25, 0.3) is 11.8 Å². The number of nitrogens with zero attached hydrogens (tertiary/aromatic N) is 2. The molecular formula is C21H18N3O2+. The van der Waals surface area contributed by atoms with E-state index in [2.05, 4.69) is 5.32 Å². The highest BCUT2D eigenvalue weighted by atomic mass is 16.2. The predicted octanol–water partition coefficient (Wildman–Crippen LogP) is 2.70. The summed E-state index contributed by atoms with van der Waals surface area (Å²) in [6.07, 6.45) is 1.83. The van der Waals surface area contributed by atoms with Gasteiger partial charge in [-0.15, -0.1) is 0 Å². The number of rotatable bonds is 3. The number of nitrogens with one attached hydrogen (secondary N) is 1. The van der Waals surface area contributed by atoms with Gasteiger partial charge in [0.15, 0.2) is 6.20 Å². The van der Waals surface area contributed by atoms with Crippen molar-refractivity contribution in [2.45, 2.75) is 12.6 Å². The number of para-hydroxylation sites is 2. The van der Waals surface area contributed by atoms with E-state index < -0.39 is 6.04 Å². The number of aromatic nitrogens is 1. The van der Waals surface area contributed by atoms with Crippen molar-refractivity contribution in [3.8, 4) is 0 Å². The maximum atomic E-state index is 13.1. The Hall–Kier alpha value is -3.47. The van der Waals surface area contributed by atoms with Crippen LogP contribution in [0, 0.1) is 0 Å². The number of anilines is 2. The Labute approximate surface area is 151 Å². The molecule has 0 saturated carbocycles. The first kappa shape index (κ1) is 16.0. The van der Waals surface area contributed by atoms with E-state index in [1.54, 1.807) is 4.90 Å². The zero-order chi connectivity index (χ0) is 17.9. The molecule has 0 bridgehead atoms. The maximum Gasteiger partial charge on any atom is 0.294 e. The molecule has 0 radical (unpaired) electrons. The number of fused-ring (bicyclic) bond motifs is 1. The van der Waals surface area contributed by atoms with Crippen LogP contribution in [0.25, 0.3) is 0 Å². The molecule has 0 fully saturated rings. The first-order chi connectivity index (χ1) is 12.7. The first-order valence-corrected chi connectivity index (χ1v) is 8.45. The quantitative estimate of drug-likeness (QED) is 0.743. The van der Waals surface area contributed by atoms with Crippen LogP contribution in [0.3, 0.4) is 0 Å². The van der Waals surface area contributed by atoms with Crippen LogP contribution in [0.5, 0.6) is 0 Å². The van der Waals surface area contributed by atoms with Crippen molar-refractivity contribution in [1.29, 1.82) is 0 Å². The van der Waals surface area contributed by atoms with Gasteiger partial charge in [0, 0.05) is 23.5 Å². The smallest absolute Gasteiger partial charge is 0.294 e. The Morgan fingerprint density at radius 2 is 1.58 bits per heavy atom. The van der Waals surface area contributed by atoms with Crippen LogP contribution >= 0.6 is 0 Å². The summed E-state index contributed by atoms with van der Waals surface area (Å²) in [5, 5.41) is 2.93. The largest absolute Gasteiger partial charge is 0.324 e. The highest BCUT2D eigenvalue weighted by Gasteiger charge is 2.43. The highest BCUT2D eigenvalue weighted by molar-refractivity contribution is 6.05. The van der Waals surface area contributed by atoms with Gasteiger partial charge >= 0.3 is 0 Å². The van der Waals surface area contributed by atoms with E-state index in [1.807, 2.05) is 89.6 Å². The van der Waals surface area contributed by atoms with Crippen molar-refractivity contribution in [2.24, 2.45) is 0 Å².